The number of benzene rings is 2. The minimum absolute atomic E-state index is 0.206. The van der Waals surface area contributed by atoms with Crippen molar-refractivity contribution in [3.05, 3.63) is 65.2 Å². The average molecular weight is 267 g/mol. The molecule has 1 fully saturated rings. The van der Waals surface area contributed by atoms with Crippen LogP contribution in [0.15, 0.2) is 48.5 Å². The highest BCUT2D eigenvalue weighted by Gasteiger charge is 2.23. The fourth-order valence-corrected chi connectivity index (χ4v) is 2.52. The molecule has 0 saturated heterocycles. The second kappa shape index (κ2) is 5.68. The molecule has 0 aromatic heterocycles. The lowest BCUT2D eigenvalue weighted by molar-refractivity contribution is 0.302. The summed E-state index contributed by atoms with van der Waals surface area (Å²) in [4.78, 5) is 0. The van der Waals surface area contributed by atoms with E-state index < -0.39 is 0 Å². The Morgan fingerprint density at radius 1 is 1.05 bits per heavy atom. The van der Waals surface area contributed by atoms with Gasteiger partial charge in [-0.25, -0.2) is 0 Å². The highest BCUT2D eigenvalue weighted by atomic mass is 16.5. The number of rotatable bonds is 5. The summed E-state index contributed by atoms with van der Waals surface area (Å²) in [6.45, 7) is 2.13. The second-order valence-electron chi connectivity index (χ2n) is 5.53. The molecule has 0 aliphatic heterocycles. The quantitative estimate of drug-likeness (QED) is 0.888. The molecule has 1 atom stereocenters. The van der Waals surface area contributed by atoms with Gasteiger partial charge in [0.2, 0.25) is 0 Å². The van der Waals surface area contributed by atoms with Gasteiger partial charge in [-0.3, -0.25) is 0 Å². The minimum Gasteiger partial charge on any atom is -0.490 e. The van der Waals surface area contributed by atoms with E-state index in [1.165, 1.54) is 29.5 Å². The summed E-state index contributed by atoms with van der Waals surface area (Å²) in [5.41, 5.74) is 3.82. The van der Waals surface area contributed by atoms with Crippen molar-refractivity contribution >= 4 is 0 Å². The van der Waals surface area contributed by atoms with Crippen molar-refractivity contribution in [3.63, 3.8) is 0 Å². The Hall–Kier alpha value is -1.80. The number of aryl methyl sites for hydroxylation is 1. The average Bonchev–Trinajstić information content (AvgIpc) is 3.24. The van der Waals surface area contributed by atoms with Crippen molar-refractivity contribution in [3.8, 4) is 5.75 Å². The molecule has 0 amide bonds. The zero-order valence-electron chi connectivity index (χ0n) is 12.1. The van der Waals surface area contributed by atoms with Crippen LogP contribution in [0.4, 0.5) is 0 Å². The predicted molar refractivity (Wildman–Crippen MR) is 82.2 cm³/mol. The van der Waals surface area contributed by atoms with Crippen molar-refractivity contribution in [1.29, 1.82) is 0 Å². The van der Waals surface area contributed by atoms with Crippen LogP contribution in [-0.4, -0.2) is 13.2 Å². The van der Waals surface area contributed by atoms with E-state index in [2.05, 4.69) is 54.7 Å². The fourth-order valence-electron chi connectivity index (χ4n) is 2.52. The maximum absolute atomic E-state index is 5.89. The first-order valence-corrected chi connectivity index (χ1v) is 7.27. The summed E-state index contributed by atoms with van der Waals surface area (Å²) in [5, 5.41) is 3.40. The van der Waals surface area contributed by atoms with Crippen molar-refractivity contribution in [2.75, 3.05) is 7.05 Å². The predicted octanol–water partition coefficient (Wildman–Crippen LogP) is 3.85. The van der Waals surface area contributed by atoms with Gasteiger partial charge >= 0.3 is 0 Å². The van der Waals surface area contributed by atoms with Gasteiger partial charge in [-0.2, -0.15) is 0 Å². The SMILES string of the molecule is CNC(c1cccc(C)c1)c1cccc(OC2CC2)c1. The Morgan fingerprint density at radius 2 is 1.75 bits per heavy atom. The van der Waals surface area contributed by atoms with Gasteiger partial charge in [-0.1, -0.05) is 42.0 Å². The summed E-state index contributed by atoms with van der Waals surface area (Å²) in [5.74, 6) is 0.984. The van der Waals surface area contributed by atoms with Gasteiger partial charge < -0.3 is 10.1 Å². The smallest absolute Gasteiger partial charge is 0.120 e. The lowest BCUT2D eigenvalue weighted by Crippen LogP contribution is -2.17. The van der Waals surface area contributed by atoms with Crippen LogP contribution in [-0.2, 0) is 0 Å². The van der Waals surface area contributed by atoms with Crippen molar-refractivity contribution in [2.45, 2.75) is 31.9 Å². The summed E-state index contributed by atoms with van der Waals surface area (Å²) < 4.78 is 5.89. The molecule has 2 aromatic carbocycles. The van der Waals surface area contributed by atoms with E-state index in [1.807, 2.05) is 13.1 Å². The van der Waals surface area contributed by atoms with Crippen molar-refractivity contribution < 1.29 is 4.74 Å². The molecular formula is C18H21NO. The normalized spacial score (nSPS) is 15.9. The highest BCUT2D eigenvalue weighted by Crippen LogP contribution is 2.30. The molecule has 1 saturated carbocycles. The van der Waals surface area contributed by atoms with E-state index in [-0.39, 0.29) is 6.04 Å². The number of nitrogens with one attached hydrogen (secondary N) is 1. The van der Waals surface area contributed by atoms with E-state index in [1.54, 1.807) is 0 Å². The topological polar surface area (TPSA) is 21.3 Å². The molecule has 20 heavy (non-hydrogen) atoms. The zero-order chi connectivity index (χ0) is 13.9. The maximum Gasteiger partial charge on any atom is 0.120 e. The summed E-state index contributed by atoms with van der Waals surface area (Å²) in [7, 11) is 2.00. The molecule has 1 unspecified atom stereocenters. The van der Waals surface area contributed by atoms with Crippen LogP contribution in [0.2, 0.25) is 0 Å². The first-order chi connectivity index (χ1) is 9.76. The highest BCUT2D eigenvalue weighted by molar-refractivity contribution is 5.38. The van der Waals surface area contributed by atoms with Crippen LogP contribution in [0.5, 0.6) is 5.75 Å². The molecule has 1 N–H and O–H groups in total. The van der Waals surface area contributed by atoms with Crippen molar-refractivity contribution in [2.24, 2.45) is 0 Å². The van der Waals surface area contributed by atoms with Gasteiger partial charge in [0.1, 0.15) is 5.75 Å². The molecule has 104 valence electrons. The standard InChI is InChI=1S/C18H21NO/c1-13-5-3-6-14(11-13)18(19-2)15-7-4-8-17(12-15)20-16-9-10-16/h3-8,11-12,16,18-19H,9-10H2,1-2H3. The third kappa shape index (κ3) is 3.02. The largest absolute Gasteiger partial charge is 0.490 e. The third-order valence-electron chi connectivity index (χ3n) is 3.68. The molecule has 2 aromatic rings. The lowest BCUT2D eigenvalue weighted by atomic mass is 9.97. The summed E-state index contributed by atoms with van der Waals surface area (Å²) >= 11 is 0. The Balaban J connectivity index is 1.88. The lowest BCUT2D eigenvalue weighted by Gasteiger charge is -2.18. The molecular weight excluding hydrogens is 246 g/mol. The van der Waals surface area contributed by atoms with Gasteiger partial charge in [-0.15, -0.1) is 0 Å². The van der Waals surface area contributed by atoms with Crippen LogP contribution in [0.25, 0.3) is 0 Å². The molecule has 0 bridgehead atoms. The van der Waals surface area contributed by atoms with E-state index in [0.717, 1.165) is 5.75 Å². The Kier molecular flexibility index (Phi) is 3.75. The number of ether oxygens (including phenoxy) is 1. The molecule has 0 heterocycles. The maximum atomic E-state index is 5.89. The van der Waals surface area contributed by atoms with Gasteiger partial charge in [-0.05, 0) is 50.1 Å². The molecule has 1 aliphatic carbocycles. The van der Waals surface area contributed by atoms with Crippen LogP contribution < -0.4 is 10.1 Å². The molecule has 2 heteroatoms. The van der Waals surface area contributed by atoms with Gasteiger partial charge in [0.05, 0.1) is 12.1 Å². The van der Waals surface area contributed by atoms with E-state index in [4.69, 9.17) is 4.74 Å². The van der Waals surface area contributed by atoms with Gasteiger partial charge in [0.25, 0.3) is 0 Å². The molecule has 0 spiro atoms. The zero-order valence-corrected chi connectivity index (χ0v) is 12.1. The first kappa shape index (κ1) is 13.2. The van der Waals surface area contributed by atoms with Crippen LogP contribution >= 0.6 is 0 Å². The Bertz CT molecular complexity index is 589. The van der Waals surface area contributed by atoms with Crippen LogP contribution in [0.1, 0.15) is 35.6 Å². The monoisotopic (exact) mass is 267 g/mol. The van der Waals surface area contributed by atoms with Gasteiger partial charge in [0, 0.05) is 0 Å². The number of hydrogen-bond acceptors (Lipinski definition) is 2. The Morgan fingerprint density at radius 3 is 2.40 bits per heavy atom. The molecule has 1 aliphatic rings. The third-order valence-corrected chi connectivity index (χ3v) is 3.68. The second-order valence-corrected chi connectivity index (χ2v) is 5.53. The molecule has 3 rings (SSSR count). The van der Waals surface area contributed by atoms with Gasteiger partial charge in [0.15, 0.2) is 0 Å². The minimum atomic E-state index is 0.206. The van der Waals surface area contributed by atoms with Crippen molar-refractivity contribution in [1.82, 2.24) is 5.32 Å². The summed E-state index contributed by atoms with van der Waals surface area (Å²) in [6.07, 6.45) is 2.83. The number of hydrogen-bond donors (Lipinski definition) is 1. The van der Waals surface area contributed by atoms with E-state index >= 15 is 0 Å². The van der Waals surface area contributed by atoms with E-state index in [9.17, 15) is 0 Å². The fraction of sp³-hybridized carbons (Fsp3) is 0.333. The molecule has 2 nitrogen and oxygen atoms in total. The van der Waals surface area contributed by atoms with Crippen LogP contribution in [0, 0.1) is 6.92 Å². The molecule has 0 radical (unpaired) electrons. The first-order valence-electron chi connectivity index (χ1n) is 7.27. The van der Waals surface area contributed by atoms with Crippen LogP contribution in [0.3, 0.4) is 0 Å². The Labute approximate surface area is 120 Å². The summed E-state index contributed by atoms with van der Waals surface area (Å²) in [6, 6.07) is 17.3. The van der Waals surface area contributed by atoms with E-state index in [0.29, 0.717) is 6.10 Å².